The third-order valence-corrected chi connectivity index (χ3v) is 16.0. The van der Waals surface area contributed by atoms with Gasteiger partial charge in [-0.05, 0) is 181 Å². The Morgan fingerprint density at radius 1 is 0.342 bits per heavy atom. The van der Waals surface area contributed by atoms with Gasteiger partial charge in [-0.15, -0.1) is 0 Å². The van der Waals surface area contributed by atoms with Crippen molar-refractivity contribution in [3.05, 3.63) is 226 Å². The van der Waals surface area contributed by atoms with Gasteiger partial charge >= 0.3 is 0 Å². The van der Waals surface area contributed by atoms with E-state index in [1.807, 2.05) is 0 Å². The molecule has 0 N–H and O–H groups in total. The van der Waals surface area contributed by atoms with Crippen molar-refractivity contribution in [2.75, 3.05) is 9.80 Å². The van der Waals surface area contributed by atoms with Crippen LogP contribution in [-0.4, -0.2) is 0 Å². The number of nitrogens with zero attached hydrogens (tertiary/aromatic N) is 2. The Hall–Kier alpha value is -7.16. The SMILES string of the molecule is CCCCCCC1(CCCCCC)c2cc(N(c3ccc(C)cc3C)c3ccc(-c4ccccc4)cc3C)ccc2-c2c1cc(N(c1ccc(C)cc1C)c1ccc(-c3ccccc3)cc1C)c1ccccc21. The van der Waals surface area contributed by atoms with Crippen LogP contribution in [0, 0.1) is 41.5 Å². The van der Waals surface area contributed by atoms with Crippen molar-refractivity contribution in [1.29, 1.82) is 0 Å². The summed E-state index contributed by atoms with van der Waals surface area (Å²) in [5.41, 5.74) is 25.5. The highest BCUT2D eigenvalue weighted by Gasteiger charge is 2.44. The van der Waals surface area contributed by atoms with Crippen LogP contribution in [0.1, 0.15) is 123 Å². The van der Waals surface area contributed by atoms with Gasteiger partial charge in [-0.1, -0.05) is 204 Å². The van der Waals surface area contributed by atoms with Gasteiger partial charge in [0.05, 0.1) is 5.69 Å². The molecule has 73 heavy (non-hydrogen) atoms. The van der Waals surface area contributed by atoms with E-state index in [9.17, 15) is 0 Å². The molecular formula is C71H74N2. The summed E-state index contributed by atoms with van der Waals surface area (Å²) in [6, 6.07) is 69.3. The number of unbranched alkanes of at least 4 members (excludes halogenated alkanes) is 6. The summed E-state index contributed by atoms with van der Waals surface area (Å²) in [5, 5.41) is 2.61. The van der Waals surface area contributed by atoms with Crippen LogP contribution in [0.5, 0.6) is 0 Å². The van der Waals surface area contributed by atoms with E-state index < -0.39 is 0 Å². The number of hydrogen-bond acceptors (Lipinski definition) is 2. The first-order chi connectivity index (χ1) is 35.6. The zero-order valence-electron chi connectivity index (χ0n) is 44.8. The maximum absolute atomic E-state index is 2.68. The molecule has 9 aromatic rings. The number of benzene rings is 9. The largest absolute Gasteiger partial charge is 0.310 e. The topological polar surface area (TPSA) is 6.48 Å². The monoisotopic (exact) mass is 955 g/mol. The van der Waals surface area contributed by atoms with Crippen LogP contribution < -0.4 is 9.80 Å². The third kappa shape index (κ3) is 9.66. The maximum Gasteiger partial charge on any atom is 0.0543 e. The number of hydrogen-bond donors (Lipinski definition) is 0. The predicted molar refractivity (Wildman–Crippen MR) is 316 cm³/mol. The van der Waals surface area contributed by atoms with Crippen LogP contribution in [0.4, 0.5) is 34.1 Å². The summed E-state index contributed by atoms with van der Waals surface area (Å²) in [7, 11) is 0. The van der Waals surface area contributed by atoms with Crippen LogP contribution in [0.3, 0.4) is 0 Å². The van der Waals surface area contributed by atoms with E-state index in [0.717, 1.165) is 12.8 Å². The molecule has 0 radical (unpaired) electrons. The van der Waals surface area contributed by atoms with Gasteiger partial charge in [0.25, 0.3) is 0 Å². The molecule has 10 rings (SSSR count). The number of rotatable bonds is 18. The van der Waals surface area contributed by atoms with Gasteiger partial charge in [0.2, 0.25) is 0 Å². The molecule has 0 atom stereocenters. The molecule has 2 nitrogen and oxygen atoms in total. The lowest BCUT2D eigenvalue weighted by molar-refractivity contribution is 0.401. The van der Waals surface area contributed by atoms with Crippen molar-refractivity contribution in [3.63, 3.8) is 0 Å². The summed E-state index contributed by atoms with van der Waals surface area (Å²) in [4.78, 5) is 5.17. The molecule has 368 valence electrons. The van der Waals surface area contributed by atoms with Gasteiger partial charge in [-0.2, -0.15) is 0 Å². The fraction of sp³-hybridized carbons (Fsp3) is 0.268. The molecule has 2 heteroatoms. The molecule has 9 aromatic carbocycles. The summed E-state index contributed by atoms with van der Waals surface area (Å²) in [6.07, 6.45) is 12.0. The van der Waals surface area contributed by atoms with Crippen molar-refractivity contribution >= 4 is 44.9 Å². The molecule has 0 unspecified atom stereocenters. The molecule has 0 bridgehead atoms. The first-order valence-corrected chi connectivity index (χ1v) is 27.4. The molecule has 0 spiro atoms. The first-order valence-electron chi connectivity index (χ1n) is 27.4. The van der Waals surface area contributed by atoms with Crippen molar-refractivity contribution in [1.82, 2.24) is 0 Å². The number of anilines is 6. The van der Waals surface area contributed by atoms with Crippen molar-refractivity contribution < 1.29 is 0 Å². The summed E-state index contributed by atoms with van der Waals surface area (Å²) >= 11 is 0. The van der Waals surface area contributed by atoms with E-state index >= 15 is 0 Å². The molecule has 1 aliphatic rings. The normalized spacial score (nSPS) is 12.5. The standard InChI is InChI=1S/C71H74N2/c1-9-11-13-23-41-71(42-24-14-12-10-2)63-47-59(72(65-37-31-49(3)43-51(65)5)66-39-33-57(45-53(66)7)55-25-17-15-18-26-55)35-36-62(63)70-61-30-22-21-29-60(61)69(48-64(70)71)73(67-38-32-50(4)44-52(67)6)68-40-34-58(46-54(68)8)56-27-19-16-20-28-56/h15-22,25-40,43-48H,9-14,23-24,41-42H2,1-8H3. The second-order valence-electron chi connectivity index (χ2n) is 21.3. The van der Waals surface area contributed by atoms with E-state index in [0.29, 0.717) is 0 Å². The highest BCUT2D eigenvalue weighted by Crippen LogP contribution is 2.60. The van der Waals surface area contributed by atoms with E-state index in [1.54, 1.807) is 0 Å². The first kappa shape index (κ1) is 49.4. The third-order valence-electron chi connectivity index (χ3n) is 16.0. The smallest absolute Gasteiger partial charge is 0.0543 e. The zero-order chi connectivity index (χ0) is 50.6. The molecule has 0 aromatic heterocycles. The minimum Gasteiger partial charge on any atom is -0.310 e. The lowest BCUT2D eigenvalue weighted by Crippen LogP contribution is -2.26. The van der Waals surface area contributed by atoms with Crippen LogP contribution in [0.15, 0.2) is 182 Å². The minimum absolute atomic E-state index is 0.193. The predicted octanol–water partition coefficient (Wildman–Crippen LogP) is 21.2. The van der Waals surface area contributed by atoms with Crippen LogP contribution in [0.25, 0.3) is 44.2 Å². The van der Waals surface area contributed by atoms with E-state index in [2.05, 4.69) is 247 Å². The Bertz CT molecular complexity index is 3390. The van der Waals surface area contributed by atoms with Gasteiger partial charge in [-0.3, -0.25) is 0 Å². The second kappa shape index (κ2) is 21.5. The van der Waals surface area contributed by atoms with Crippen LogP contribution >= 0.6 is 0 Å². The molecule has 0 saturated heterocycles. The Morgan fingerprint density at radius 3 is 1.30 bits per heavy atom. The van der Waals surface area contributed by atoms with Gasteiger partial charge in [0.1, 0.15) is 0 Å². The van der Waals surface area contributed by atoms with Gasteiger partial charge < -0.3 is 9.80 Å². The second-order valence-corrected chi connectivity index (χ2v) is 21.3. The Balaban J connectivity index is 1.23. The summed E-state index contributed by atoms with van der Waals surface area (Å²) in [5.74, 6) is 0. The van der Waals surface area contributed by atoms with Gasteiger partial charge in [0, 0.05) is 39.2 Å². The zero-order valence-corrected chi connectivity index (χ0v) is 44.8. The summed E-state index contributed by atoms with van der Waals surface area (Å²) in [6.45, 7) is 18.3. The lowest BCUT2D eigenvalue weighted by Gasteiger charge is -2.36. The fourth-order valence-electron chi connectivity index (χ4n) is 12.4. The average Bonchev–Trinajstić information content (AvgIpc) is 3.67. The van der Waals surface area contributed by atoms with Crippen molar-refractivity contribution in [2.45, 2.75) is 125 Å². The highest BCUT2D eigenvalue weighted by molar-refractivity contribution is 6.10. The van der Waals surface area contributed by atoms with Crippen molar-refractivity contribution in [2.24, 2.45) is 0 Å². The quantitative estimate of drug-likeness (QED) is 0.0791. The highest BCUT2D eigenvalue weighted by atomic mass is 15.2. The summed E-state index contributed by atoms with van der Waals surface area (Å²) < 4.78 is 0. The van der Waals surface area contributed by atoms with E-state index in [1.165, 1.54) is 174 Å². The van der Waals surface area contributed by atoms with Gasteiger partial charge in [-0.25, -0.2) is 0 Å². The van der Waals surface area contributed by atoms with E-state index in [4.69, 9.17) is 0 Å². The fourth-order valence-corrected chi connectivity index (χ4v) is 12.4. The Kier molecular flexibility index (Phi) is 14.6. The molecule has 0 saturated carbocycles. The van der Waals surface area contributed by atoms with Crippen LogP contribution in [-0.2, 0) is 5.41 Å². The molecule has 0 heterocycles. The Labute approximate surface area is 437 Å². The molecular weight excluding hydrogens is 881 g/mol. The van der Waals surface area contributed by atoms with Gasteiger partial charge in [0.15, 0.2) is 0 Å². The minimum atomic E-state index is -0.193. The van der Waals surface area contributed by atoms with Crippen molar-refractivity contribution in [3.8, 4) is 33.4 Å². The molecule has 0 fully saturated rings. The molecule has 1 aliphatic carbocycles. The number of fused-ring (bicyclic) bond motifs is 5. The van der Waals surface area contributed by atoms with E-state index in [-0.39, 0.29) is 5.41 Å². The number of aryl methyl sites for hydroxylation is 6. The average molecular weight is 955 g/mol. The molecule has 0 aliphatic heterocycles. The molecule has 0 amide bonds. The van der Waals surface area contributed by atoms with Crippen LogP contribution in [0.2, 0.25) is 0 Å². The maximum atomic E-state index is 2.68. The Morgan fingerprint density at radius 2 is 0.808 bits per heavy atom. The lowest BCUT2D eigenvalue weighted by atomic mass is 9.70.